The number of nitrogens with zero attached hydrogens (tertiary/aromatic N) is 1. The fourth-order valence-electron chi connectivity index (χ4n) is 3.62. The zero-order valence-electron chi connectivity index (χ0n) is 13.4. The van der Waals surface area contributed by atoms with Crippen molar-refractivity contribution in [1.82, 2.24) is 5.32 Å². The highest BCUT2D eigenvalue weighted by Crippen LogP contribution is 2.37. The highest BCUT2D eigenvalue weighted by Gasteiger charge is 2.42. The molecule has 4 heteroatoms. The predicted molar refractivity (Wildman–Crippen MR) is 83.0 cm³/mol. The van der Waals surface area contributed by atoms with Gasteiger partial charge >= 0.3 is 0 Å². The van der Waals surface area contributed by atoms with E-state index in [9.17, 15) is 5.26 Å². The maximum Gasteiger partial charge on any atom is 0.109 e. The van der Waals surface area contributed by atoms with E-state index in [4.69, 9.17) is 9.47 Å². The SMILES string of the molecule is CCCNC1(C#N)CCCC1CCOCC1CCOCC1. The second-order valence-electron chi connectivity index (χ2n) is 6.52. The van der Waals surface area contributed by atoms with Gasteiger partial charge in [-0.3, -0.25) is 5.32 Å². The standard InChI is InChI=1S/C17H30N2O2/c1-2-9-19-17(14-18)8-3-4-16(17)7-12-21-13-15-5-10-20-11-6-15/h15-16,19H,2-13H2,1H3. The van der Waals surface area contributed by atoms with Crippen LogP contribution in [0.3, 0.4) is 0 Å². The van der Waals surface area contributed by atoms with E-state index in [2.05, 4.69) is 18.3 Å². The minimum absolute atomic E-state index is 0.294. The summed E-state index contributed by atoms with van der Waals surface area (Å²) < 4.78 is 11.3. The Hall–Kier alpha value is -0.630. The average molecular weight is 294 g/mol. The number of rotatable bonds is 8. The van der Waals surface area contributed by atoms with E-state index in [-0.39, 0.29) is 5.54 Å². The van der Waals surface area contributed by atoms with Crippen LogP contribution in [0, 0.1) is 23.2 Å². The molecule has 0 bridgehead atoms. The van der Waals surface area contributed by atoms with E-state index < -0.39 is 0 Å². The molecule has 4 nitrogen and oxygen atoms in total. The molecule has 1 saturated heterocycles. The summed E-state index contributed by atoms with van der Waals surface area (Å²) in [6.07, 6.45) is 7.66. The van der Waals surface area contributed by atoms with Crippen LogP contribution in [-0.4, -0.2) is 38.5 Å². The summed E-state index contributed by atoms with van der Waals surface area (Å²) in [5.74, 6) is 1.12. The molecule has 120 valence electrons. The average Bonchev–Trinajstić information content (AvgIpc) is 2.94. The molecule has 2 aliphatic rings. The molecule has 21 heavy (non-hydrogen) atoms. The van der Waals surface area contributed by atoms with E-state index in [1.54, 1.807) is 0 Å². The van der Waals surface area contributed by atoms with Crippen LogP contribution in [0.25, 0.3) is 0 Å². The van der Waals surface area contributed by atoms with Gasteiger partial charge in [-0.05, 0) is 56.9 Å². The van der Waals surface area contributed by atoms with Crippen LogP contribution >= 0.6 is 0 Å². The van der Waals surface area contributed by atoms with Crippen LogP contribution in [0.4, 0.5) is 0 Å². The topological polar surface area (TPSA) is 54.3 Å². The van der Waals surface area contributed by atoms with Crippen molar-refractivity contribution < 1.29 is 9.47 Å². The summed E-state index contributed by atoms with van der Waals surface area (Å²) in [6.45, 7) is 6.51. The number of nitriles is 1. The molecule has 1 saturated carbocycles. The first-order chi connectivity index (χ1) is 10.3. The zero-order chi connectivity index (χ0) is 15.0. The van der Waals surface area contributed by atoms with Crippen molar-refractivity contribution in [3.8, 4) is 6.07 Å². The summed E-state index contributed by atoms with van der Waals surface area (Å²) in [5, 5.41) is 13.1. The van der Waals surface area contributed by atoms with Crippen molar-refractivity contribution in [2.45, 2.75) is 57.4 Å². The van der Waals surface area contributed by atoms with Gasteiger partial charge in [0.05, 0.1) is 6.07 Å². The summed E-state index contributed by atoms with van der Waals surface area (Å²) in [6, 6.07) is 2.57. The summed E-state index contributed by atoms with van der Waals surface area (Å²) in [4.78, 5) is 0. The lowest BCUT2D eigenvalue weighted by atomic mass is 9.86. The van der Waals surface area contributed by atoms with Gasteiger partial charge in [0.1, 0.15) is 5.54 Å². The molecule has 0 amide bonds. The zero-order valence-corrected chi connectivity index (χ0v) is 13.4. The molecule has 0 spiro atoms. The molecule has 2 fully saturated rings. The van der Waals surface area contributed by atoms with Crippen LogP contribution < -0.4 is 5.32 Å². The lowest BCUT2D eigenvalue weighted by molar-refractivity contribution is 0.0164. The van der Waals surface area contributed by atoms with Crippen LogP contribution in [-0.2, 0) is 9.47 Å². The number of nitrogens with one attached hydrogen (secondary N) is 1. The first-order valence-electron chi connectivity index (χ1n) is 8.62. The van der Waals surface area contributed by atoms with Crippen molar-refractivity contribution >= 4 is 0 Å². The Balaban J connectivity index is 1.69. The smallest absolute Gasteiger partial charge is 0.109 e. The third-order valence-electron chi connectivity index (χ3n) is 5.02. The molecule has 1 heterocycles. The monoisotopic (exact) mass is 294 g/mol. The Kier molecular flexibility index (Phi) is 6.95. The van der Waals surface area contributed by atoms with E-state index >= 15 is 0 Å². The van der Waals surface area contributed by atoms with E-state index in [1.165, 1.54) is 0 Å². The molecular formula is C17H30N2O2. The van der Waals surface area contributed by atoms with Gasteiger partial charge in [-0.1, -0.05) is 13.3 Å². The fraction of sp³-hybridized carbons (Fsp3) is 0.941. The molecule has 2 unspecified atom stereocenters. The van der Waals surface area contributed by atoms with Crippen LogP contribution in [0.2, 0.25) is 0 Å². The Morgan fingerprint density at radius 1 is 1.33 bits per heavy atom. The first kappa shape index (κ1) is 16.7. The van der Waals surface area contributed by atoms with Crippen molar-refractivity contribution in [3.63, 3.8) is 0 Å². The molecule has 0 aromatic rings. The van der Waals surface area contributed by atoms with Gasteiger partial charge in [-0.25, -0.2) is 0 Å². The Bertz CT molecular complexity index is 336. The molecule has 2 atom stereocenters. The highest BCUT2D eigenvalue weighted by atomic mass is 16.5. The van der Waals surface area contributed by atoms with Gasteiger partial charge in [-0.2, -0.15) is 5.26 Å². The molecule has 0 radical (unpaired) electrons. The largest absolute Gasteiger partial charge is 0.381 e. The van der Waals surface area contributed by atoms with Gasteiger partial charge in [-0.15, -0.1) is 0 Å². The van der Waals surface area contributed by atoms with Gasteiger partial charge in [0.25, 0.3) is 0 Å². The van der Waals surface area contributed by atoms with Crippen molar-refractivity contribution in [1.29, 1.82) is 5.26 Å². The maximum absolute atomic E-state index is 9.61. The van der Waals surface area contributed by atoms with E-state index in [0.717, 1.165) is 77.9 Å². The summed E-state index contributed by atoms with van der Waals surface area (Å²) >= 11 is 0. The minimum atomic E-state index is -0.294. The van der Waals surface area contributed by atoms with Crippen molar-refractivity contribution in [2.75, 3.05) is 33.0 Å². The van der Waals surface area contributed by atoms with Crippen molar-refractivity contribution in [3.05, 3.63) is 0 Å². The summed E-state index contributed by atoms with van der Waals surface area (Å²) in [5.41, 5.74) is -0.294. The normalized spacial score (nSPS) is 30.4. The molecule has 1 aliphatic heterocycles. The Labute approximate surface area is 129 Å². The third kappa shape index (κ3) is 4.67. The number of hydrogen-bond acceptors (Lipinski definition) is 4. The maximum atomic E-state index is 9.61. The minimum Gasteiger partial charge on any atom is -0.381 e. The van der Waals surface area contributed by atoms with Crippen LogP contribution in [0.1, 0.15) is 51.9 Å². The highest BCUT2D eigenvalue weighted by molar-refractivity contribution is 5.14. The van der Waals surface area contributed by atoms with Gasteiger partial charge in [0, 0.05) is 26.4 Å². The first-order valence-corrected chi connectivity index (χ1v) is 8.62. The number of ether oxygens (including phenoxy) is 2. The Morgan fingerprint density at radius 2 is 2.14 bits per heavy atom. The fourth-order valence-corrected chi connectivity index (χ4v) is 3.62. The second kappa shape index (κ2) is 8.73. The number of hydrogen-bond donors (Lipinski definition) is 1. The quantitative estimate of drug-likeness (QED) is 0.699. The van der Waals surface area contributed by atoms with Gasteiger partial charge in [0.15, 0.2) is 0 Å². The molecule has 0 aromatic heterocycles. The van der Waals surface area contributed by atoms with E-state index in [0.29, 0.717) is 11.8 Å². The Morgan fingerprint density at radius 3 is 2.86 bits per heavy atom. The van der Waals surface area contributed by atoms with Gasteiger partial charge < -0.3 is 9.47 Å². The molecular weight excluding hydrogens is 264 g/mol. The molecule has 1 N–H and O–H groups in total. The van der Waals surface area contributed by atoms with Gasteiger partial charge in [0.2, 0.25) is 0 Å². The molecule has 1 aliphatic carbocycles. The third-order valence-corrected chi connectivity index (χ3v) is 5.02. The predicted octanol–water partition coefficient (Wildman–Crippen LogP) is 2.88. The molecule has 0 aromatic carbocycles. The lowest BCUT2D eigenvalue weighted by Crippen LogP contribution is -2.47. The molecule has 2 rings (SSSR count). The van der Waals surface area contributed by atoms with E-state index in [1.807, 2.05) is 0 Å². The van der Waals surface area contributed by atoms with Crippen LogP contribution in [0.5, 0.6) is 0 Å². The lowest BCUT2D eigenvalue weighted by Gasteiger charge is -2.30. The van der Waals surface area contributed by atoms with Crippen LogP contribution in [0.15, 0.2) is 0 Å². The summed E-state index contributed by atoms with van der Waals surface area (Å²) in [7, 11) is 0. The van der Waals surface area contributed by atoms with Crippen molar-refractivity contribution in [2.24, 2.45) is 11.8 Å². The second-order valence-corrected chi connectivity index (χ2v) is 6.52.